The van der Waals surface area contributed by atoms with Gasteiger partial charge in [-0.05, 0) is 26.0 Å². The van der Waals surface area contributed by atoms with Gasteiger partial charge in [0.15, 0.2) is 0 Å². The van der Waals surface area contributed by atoms with Crippen LogP contribution in [-0.2, 0) is 10.0 Å². The Balaban J connectivity index is 2.02. The number of sulfonamides is 1. The van der Waals surface area contributed by atoms with Crippen molar-refractivity contribution in [3.63, 3.8) is 0 Å². The van der Waals surface area contributed by atoms with Crippen molar-refractivity contribution in [3.05, 3.63) is 45.9 Å². The van der Waals surface area contributed by atoms with E-state index in [-0.39, 0.29) is 10.9 Å². The van der Waals surface area contributed by atoms with Crippen molar-refractivity contribution < 1.29 is 8.42 Å². The predicted molar refractivity (Wildman–Crippen MR) is 78.6 cm³/mol. The van der Waals surface area contributed by atoms with Gasteiger partial charge in [0.25, 0.3) is 10.0 Å². The SMILES string of the molecule is Cc1cnc(C(C)N=C2NS(=O)(=O)c3ccccc32)s1. The first-order valence-corrected chi connectivity index (χ1v) is 8.40. The Hall–Kier alpha value is -1.73. The van der Waals surface area contributed by atoms with E-state index >= 15 is 0 Å². The second-order valence-electron chi connectivity index (χ2n) is 4.56. The van der Waals surface area contributed by atoms with Crippen LogP contribution in [-0.4, -0.2) is 19.2 Å². The molecule has 0 spiro atoms. The fourth-order valence-corrected chi connectivity index (χ4v) is 4.05. The van der Waals surface area contributed by atoms with Crippen LogP contribution in [0.1, 0.15) is 28.4 Å². The molecule has 0 bridgehead atoms. The van der Waals surface area contributed by atoms with E-state index in [0.717, 1.165) is 9.88 Å². The van der Waals surface area contributed by atoms with Crippen molar-refractivity contribution in [3.8, 4) is 0 Å². The Morgan fingerprint density at radius 2 is 2.10 bits per heavy atom. The summed E-state index contributed by atoms with van der Waals surface area (Å²) in [5.74, 6) is 0.390. The summed E-state index contributed by atoms with van der Waals surface area (Å²) in [6, 6.07) is 6.66. The average molecular weight is 307 g/mol. The predicted octanol–water partition coefficient (Wildman–Crippen LogP) is 2.25. The third-order valence-corrected chi connectivity index (χ3v) is 5.46. The number of amidine groups is 1. The van der Waals surface area contributed by atoms with E-state index in [9.17, 15) is 8.42 Å². The molecule has 0 amide bonds. The number of aliphatic imine (C=N–C) groups is 1. The number of hydrogen-bond acceptors (Lipinski definition) is 5. The fourth-order valence-electron chi connectivity index (χ4n) is 2.04. The van der Waals surface area contributed by atoms with Gasteiger partial charge in [-0.3, -0.25) is 9.71 Å². The molecule has 104 valence electrons. The molecule has 0 saturated heterocycles. The lowest BCUT2D eigenvalue weighted by Crippen LogP contribution is -2.22. The van der Waals surface area contributed by atoms with Gasteiger partial charge in [-0.15, -0.1) is 11.3 Å². The van der Waals surface area contributed by atoms with Crippen LogP contribution in [0.25, 0.3) is 0 Å². The van der Waals surface area contributed by atoms with Crippen LogP contribution in [0.4, 0.5) is 0 Å². The Kier molecular flexibility index (Phi) is 3.10. The van der Waals surface area contributed by atoms with Gasteiger partial charge in [-0.1, -0.05) is 12.1 Å². The van der Waals surface area contributed by atoms with Crippen molar-refractivity contribution in [2.75, 3.05) is 0 Å². The molecule has 2 aromatic rings. The molecule has 3 rings (SSSR count). The third kappa shape index (κ3) is 2.23. The zero-order chi connectivity index (χ0) is 14.3. The van der Waals surface area contributed by atoms with Crippen molar-refractivity contribution in [2.45, 2.75) is 24.8 Å². The lowest BCUT2D eigenvalue weighted by Gasteiger charge is -2.04. The second-order valence-corrected chi connectivity index (χ2v) is 7.48. The highest BCUT2D eigenvalue weighted by Gasteiger charge is 2.30. The molecular weight excluding hydrogens is 294 g/mol. The van der Waals surface area contributed by atoms with Crippen molar-refractivity contribution >= 4 is 27.2 Å². The number of nitrogens with one attached hydrogen (secondary N) is 1. The zero-order valence-corrected chi connectivity index (χ0v) is 12.6. The van der Waals surface area contributed by atoms with Crippen molar-refractivity contribution in [1.82, 2.24) is 9.71 Å². The number of rotatable bonds is 2. The molecule has 0 radical (unpaired) electrons. The van der Waals surface area contributed by atoms with E-state index in [1.165, 1.54) is 0 Å². The molecule has 1 aromatic carbocycles. The molecule has 1 unspecified atom stereocenters. The van der Waals surface area contributed by atoms with Crippen LogP contribution >= 0.6 is 11.3 Å². The summed E-state index contributed by atoms with van der Waals surface area (Å²) < 4.78 is 26.5. The van der Waals surface area contributed by atoms with E-state index in [1.54, 1.807) is 41.8 Å². The van der Waals surface area contributed by atoms with Crippen LogP contribution in [0.2, 0.25) is 0 Å². The lowest BCUT2D eigenvalue weighted by molar-refractivity contribution is 0.595. The smallest absolute Gasteiger partial charge is 0.263 e. The van der Waals surface area contributed by atoms with Gasteiger partial charge in [-0.2, -0.15) is 0 Å². The first kappa shape index (κ1) is 13.3. The van der Waals surface area contributed by atoms with Crippen LogP contribution in [0.3, 0.4) is 0 Å². The summed E-state index contributed by atoms with van der Waals surface area (Å²) in [7, 11) is -3.48. The van der Waals surface area contributed by atoms with Crippen LogP contribution in [0.15, 0.2) is 40.4 Å². The number of nitrogens with zero attached hydrogens (tertiary/aromatic N) is 2. The molecule has 1 aliphatic rings. The van der Waals surface area contributed by atoms with E-state index < -0.39 is 10.0 Å². The van der Waals surface area contributed by atoms with Crippen molar-refractivity contribution in [2.24, 2.45) is 4.99 Å². The Morgan fingerprint density at radius 3 is 2.80 bits per heavy atom. The summed E-state index contributed by atoms with van der Waals surface area (Å²) >= 11 is 1.56. The number of thiazole rings is 1. The molecule has 20 heavy (non-hydrogen) atoms. The van der Waals surface area contributed by atoms with Gasteiger partial charge in [0.1, 0.15) is 16.9 Å². The highest BCUT2D eigenvalue weighted by molar-refractivity contribution is 7.90. The number of aryl methyl sites for hydroxylation is 1. The topological polar surface area (TPSA) is 71.4 Å². The molecular formula is C13H13N3O2S2. The maximum atomic E-state index is 12.0. The average Bonchev–Trinajstić information content (AvgIpc) is 2.93. The van der Waals surface area contributed by atoms with Gasteiger partial charge in [0, 0.05) is 16.6 Å². The minimum atomic E-state index is -3.48. The normalized spacial score (nSPS) is 19.6. The maximum Gasteiger partial charge on any atom is 0.263 e. The van der Waals surface area contributed by atoms with Gasteiger partial charge < -0.3 is 0 Å². The van der Waals surface area contributed by atoms with Gasteiger partial charge in [0.2, 0.25) is 0 Å². The molecule has 2 heterocycles. The molecule has 0 aliphatic carbocycles. The van der Waals surface area contributed by atoms with Crippen molar-refractivity contribution in [1.29, 1.82) is 0 Å². The third-order valence-electron chi connectivity index (χ3n) is 2.98. The standard InChI is InChI=1S/C13H13N3O2S2/c1-8-7-14-13(19-8)9(2)15-12-10-5-3-4-6-11(10)20(17,18)16-12/h3-7,9H,1-2H3,(H,15,16). The Morgan fingerprint density at radius 1 is 1.35 bits per heavy atom. The van der Waals surface area contributed by atoms with Gasteiger partial charge >= 0.3 is 0 Å². The number of aromatic nitrogens is 1. The molecule has 5 nitrogen and oxygen atoms in total. The van der Waals surface area contributed by atoms with E-state index in [4.69, 9.17) is 0 Å². The lowest BCUT2D eigenvalue weighted by atomic mass is 10.2. The molecule has 1 aliphatic heterocycles. The van der Waals surface area contributed by atoms with E-state index in [1.807, 2.05) is 13.8 Å². The van der Waals surface area contributed by atoms with E-state index in [0.29, 0.717) is 11.4 Å². The summed E-state index contributed by atoms with van der Waals surface area (Å²) in [6.45, 7) is 3.88. The van der Waals surface area contributed by atoms with Gasteiger partial charge in [-0.25, -0.2) is 13.4 Å². The molecule has 1 atom stereocenters. The molecule has 7 heteroatoms. The number of benzene rings is 1. The Labute approximate surface area is 121 Å². The first-order chi connectivity index (χ1) is 9.47. The van der Waals surface area contributed by atoms with E-state index in [2.05, 4.69) is 14.7 Å². The molecule has 1 N–H and O–H groups in total. The van der Waals surface area contributed by atoms with Crippen LogP contribution < -0.4 is 4.72 Å². The minimum Gasteiger partial charge on any atom is -0.263 e. The number of fused-ring (bicyclic) bond motifs is 1. The largest absolute Gasteiger partial charge is 0.263 e. The summed E-state index contributed by atoms with van der Waals surface area (Å²) in [5.41, 5.74) is 0.618. The molecule has 0 saturated carbocycles. The highest BCUT2D eigenvalue weighted by atomic mass is 32.2. The number of hydrogen-bond donors (Lipinski definition) is 1. The minimum absolute atomic E-state index is 0.183. The highest BCUT2D eigenvalue weighted by Crippen LogP contribution is 2.26. The van der Waals surface area contributed by atoms with Crippen LogP contribution in [0, 0.1) is 6.92 Å². The first-order valence-electron chi connectivity index (χ1n) is 6.10. The summed E-state index contributed by atoms with van der Waals surface area (Å²) in [6.07, 6.45) is 1.80. The van der Waals surface area contributed by atoms with Gasteiger partial charge in [0.05, 0.1) is 4.90 Å². The molecule has 0 fully saturated rings. The molecule has 1 aromatic heterocycles. The summed E-state index contributed by atoms with van der Waals surface area (Å²) in [4.78, 5) is 10.1. The fraction of sp³-hybridized carbons (Fsp3) is 0.231. The van der Waals surface area contributed by atoms with Crippen LogP contribution in [0.5, 0.6) is 0 Å². The monoisotopic (exact) mass is 307 g/mol. The maximum absolute atomic E-state index is 12.0. The Bertz CT molecular complexity index is 793. The summed E-state index contributed by atoms with van der Waals surface area (Å²) in [5, 5.41) is 0.874. The quantitative estimate of drug-likeness (QED) is 0.925. The zero-order valence-electron chi connectivity index (χ0n) is 11.0. The second kappa shape index (κ2) is 4.68.